The van der Waals surface area contributed by atoms with Gasteiger partial charge in [-0.1, -0.05) is 66.7 Å². The molecule has 0 radical (unpaired) electrons. The first-order valence-corrected chi connectivity index (χ1v) is 11.7. The fourth-order valence-electron chi connectivity index (χ4n) is 5.77. The summed E-state index contributed by atoms with van der Waals surface area (Å²) in [6, 6.07) is 26.9. The molecule has 1 heterocycles. The van der Waals surface area contributed by atoms with Gasteiger partial charge in [0.05, 0.1) is 11.0 Å². The lowest BCUT2D eigenvalue weighted by Crippen LogP contribution is -1.99. The van der Waals surface area contributed by atoms with E-state index in [1.807, 2.05) is 0 Å². The molecule has 0 spiro atoms. The maximum Gasteiger partial charge on any atom is 0.106 e. The summed E-state index contributed by atoms with van der Waals surface area (Å²) >= 11 is 0. The van der Waals surface area contributed by atoms with E-state index in [0.29, 0.717) is 0 Å². The zero-order chi connectivity index (χ0) is 22.1. The fourth-order valence-corrected chi connectivity index (χ4v) is 5.77. The van der Waals surface area contributed by atoms with Crippen LogP contribution in [0.25, 0.3) is 60.6 Å². The predicted molar refractivity (Wildman–Crippen MR) is 141 cm³/mol. The number of nitrogens with zero attached hydrogens (tertiary/aromatic N) is 2. The van der Waals surface area contributed by atoms with Crippen molar-refractivity contribution < 1.29 is 0 Å². The van der Waals surface area contributed by atoms with E-state index in [2.05, 4.69) is 103 Å². The Bertz CT molecular complexity index is 1780. The second-order valence-corrected chi connectivity index (χ2v) is 9.19. The molecule has 33 heavy (non-hydrogen) atoms. The molecule has 0 aliphatic heterocycles. The number of hydrogen-bond donors (Lipinski definition) is 0. The lowest BCUT2D eigenvalue weighted by atomic mass is 9.83. The molecule has 2 heteroatoms. The van der Waals surface area contributed by atoms with E-state index in [1.54, 1.807) is 0 Å². The molecule has 0 saturated carbocycles. The highest BCUT2D eigenvalue weighted by Crippen LogP contribution is 2.43. The van der Waals surface area contributed by atoms with Crippen molar-refractivity contribution in [3.8, 4) is 11.1 Å². The van der Waals surface area contributed by atoms with Crippen molar-refractivity contribution in [3.63, 3.8) is 0 Å². The summed E-state index contributed by atoms with van der Waals surface area (Å²) in [7, 11) is 2.08. The SMILES string of the molecule is Cc1nc2cc(-c3cc4c5ccccc5c5c(c4c4ccccc34)CCC=C5)ccc2n1C. The average Bonchev–Trinajstić information content (AvgIpc) is 3.16. The Morgan fingerprint density at radius 3 is 2.39 bits per heavy atom. The van der Waals surface area contributed by atoms with E-state index in [-0.39, 0.29) is 0 Å². The van der Waals surface area contributed by atoms with Crippen LogP contribution in [0.4, 0.5) is 0 Å². The third-order valence-electron chi connectivity index (χ3n) is 7.44. The summed E-state index contributed by atoms with van der Waals surface area (Å²) < 4.78 is 2.16. The molecule has 158 valence electrons. The Kier molecular flexibility index (Phi) is 3.84. The Hall–Kier alpha value is -3.91. The molecule has 6 aromatic rings. The van der Waals surface area contributed by atoms with Gasteiger partial charge in [0.1, 0.15) is 5.82 Å². The second-order valence-electron chi connectivity index (χ2n) is 9.19. The number of aromatic nitrogens is 2. The minimum Gasteiger partial charge on any atom is -0.331 e. The molecule has 0 bridgehead atoms. The fraction of sp³-hybridized carbons (Fsp3) is 0.129. The van der Waals surface area contributed by atoms with Gasteiger partial charge in [0.2, 0.25) is 0 Å². The molecular weight excluding hydrogens is 400 g/mol. The summed E-state index contributed by atoms with van der Waals surface area (Å²) in [5.74, 6) is 1.04. The molecule has 0 fully saturated rings. The predicted octanol–water partition coefficient (Wildman–Crippen LogP) is 7.97. The van der Waals surface area contributed by atoms with Crippen molar-refractivity contribution in [1.82, 2.24) is 9.55 Å². The van der Waals surface area contributed by atoms with Crippen LogP contribution < -0.4 is 0 Å². The number of allylic oxidation sites excluding steroid dienone is 1. The van der Waals surface area contributed by atoms with Gasteiger partial charge in [0, 0.05) is 7.05 Å². The van der Waals surface area contributed by atoms with Crippen LogP contribution in [-0.2, 0) is 13.5 Å². The quantitative estimate of drug-likeness (QED) is 0.245. The second kappa shape index (κ2) is 6.79. The third kappa shape index (κ3) is 2.58. The van der Waals surface area contributed by atoms with Gasteiger partial charge < -0.3 is 4.57 Å². The van der Waals surface area contributed by atoms with E-state index in [0.717, 1.165) is 24.2 Å². The van der Waals surface area contributed by atoms with Crippen molar-refractivity contribution in [1.29, 1.82) is 0 Å². The lowest BCUT2D eigenvalue weighted by Gasteiger charge is -2.21. The number of benzene rings is 5. The van der Waals surface area contributed by atoms with Gasteiger partial charge in [-0.3, -0.25) is 0 Å². The van der Waals surface area contributed by atoms with Crippen molar-refractivity contribution in [2.75, 3.05) is 0 Å². The van der Waals surface area contributed by atoms with Gasteiger partial charge in [-0.25, -0.2) is 4.98 Å². The van der Waals surface area contributed by atoms with Crippen LogP contribution in [-0.4, -0.2) is 9.55 Å². The molecule has 0 amide bonds. The molecule has 1 aliphatic rings. The molecule has 5 aromatic carbocycles. The zero-order valence-electron chi connectivity index (χ0n) is 18.9. The van der Waals surface area contributed by atoms with Crippen molar-refractivity contribution in [2.45, 2.75) is 19.8 Å². The number of fused-ring (bicyclic) bond motifs is 9. The van der Waals surface area contributed by atoms with Crippen LogP contribution in [0.5, 0.6) is 0 Å². The number of aryl methyl sites for hydroxylation is 3. The zero-order valence-corrected chi connectivity index (χ0v) is 18.9. The third-order valence-corrected chi connectivity index (χ3v) is 7.44. The Labute approximate surface area is 192 Å². The van der Waals surface area contributed by atoms with E-state index in [4.69, 9.17) is 4.98 Å². The first-order valence-electron chi connectivity index (χ1n) is 11.7. The molecule has 0 atom stereocenters. The van der Waals surface area contributed by atoms with Crippen LogP contribution in [0.3, 0.4) is 0 Å². The van der Waals surface area contributed by atoms with Crippen LogP contribution in [0.1, 0.15) is 23.4 Å². The monoisotopic (exact) mass is 424 g/mol. The first kappa shape index (κ1) is 18.6. The summed E-state index contributed by atoms with van der Waals surface area (Å²) in [5, 5.41) is 8.11. The van der Waals surface area contributed by atoms with Gasteiger partial charge in [-0.05, 0) is 92.5 Å². The lowest BCUT2D eigenvalue weighted by molar-refractivity contribution is 0.886. The van der Waals surface area contributed by atoms with Gasteiger partial charge in [-0.2, -0.15) is 0 Å². The van der Waals surface area contributed by atoms with E-state index < -0.39 is 0 Å². The Morgan fingerprint density at radius 1 is 0.788 bits per heavy atom. The van der Waals surface area contributed by atoms with Crippen LogP contribution in [0.15, 0.2) is 78.9 Å². The topological polar surface area (TPSA) is 17.8 Å². The minimum absolute atomic E-state index is 1.04. The average molecular weight is 425 g/mol. The normalized spacial score (nSPS) is 13.4. The first-order chi connectivity index (χ1) is 16.2. The van der Waals surface area contributed by atoms with Gasteiger partial charge in [0.25, 0.3) is 0 Å². The number of rotatable bonds is 1. The maximum absolute atomic E-state index is 4.80. The largest absolute Gasteiger partial charge is 0.331 e. The van der Waals surface area contributed by atoms with E-state index in [9.17, 15) is 0 Å². The molecule has 0 saturated heterocycles. The van der Waals surface area contributed by atoms with Gasteiger partial charge >= 0.3 is 0 Å². The van der Waals surface area contributed by atoms with Crippen LogP contribution in [0.2, 0.25) is 0 Å². The molecule has 1 aliphatic carbocycles. The smallest absolute Gasteiger partial charge is 0.106 e. The highest BCUT2D eigenvalue weighted by molar-refractivity contribution is 6.24. The summed E-state index contributed by atoms with van der Waals surface area (Å²) in [6.07, 6.45) is 6.85. The Balaban J connectivity index is 1.66. The number of imidazole rings is 1. The van der Waals surface area contributed by atoms with E-state index in [1.165, 1.54) is 60.1 Å². The Morgan fingerprint density at radius 2 is 1.55 bits per heavy atom. The summed E-state index contributed by atoms with van der Waals surface area (Å²) in [6.45, 7) is 2.06. The molecule has 0 N–H and O–H groups in total. The standard InChI is InChI=1S/C31H24N2/c1-19-32-29-17-20(15-16-30(29)33(19)2)27-18-28-23-11-4-3-9-21(23)22-10-5-7-13-25(22)31(28)26-14-8-6-12-24(26)27/h3-6,8-12,14-18H,7,13H2,1-2H3. The van der Waals surface area contributed by atoms with Crippen LogP contribution >= 0.6 is 0 Å². The molecule has 0 unspecified atom stereocenters. The minimum atomic E-state index is 1.04. The summed E-state index contributed by atoms with van der Waals surface area (Å²) in [4.78, 5) is 4.80. The van der Waals surface area contributed by atoms with Crippen molar-refractivity contribution in [2.24, 2.45) is 7.05 Å². The van der Waals surface area contributed by atoms with Crippen molar-refractivity contribution >= 4 is 49.4 Å². The highest BCUT2D eigenvalue weighted by Gasteiger charge is 2.19. The molecule has 2 nitrogen and oxygen atoms in total. The maximum atomic E-state index is 4.80. The molecular formula is C31H24N2. The van der Waals surface area contributed by atoms with Crippen molar-refractivity contribution in [3.05, 3.63) is 95.8 Å². The van der Waals surface area contributed by atoms with E-state index >= 15 is 0 Å². The van der Waals surface area contributed by atoms with Gasteiger partial charge in [-0.15, -0.1) is 0 Å². The molecule has 7 rings (SSSR count). The summed E-state index contributed by atoms with van der Waals surface area (Å²) in [5.41, 5.74) is 7.61. The van der Waals surface area contributed by atoms with Crippen LogP contribution in [0, 0.1) is 6.92 Å². The molecule has 1 aromatic heterocycles. The highest BCUT2D eigenvalue weighted by atomic mass is 15.0. The number of hydrogen-bond acceptors (Lipinski definition) is 1. The van der Waals surface area contributed by atoms with Gasteiger partial charge in [0.15, 0.2) is 0 Å².